The monoisotopic (exact) mass is 110 g/mol. The van der Waals surface area contributed by atoms with Gasteiger partial charge in [-0.25, -0.2) is 0 Å². The van der Waals surface area contributed by atoms with Crippen LogP contribution in [0.15, 0.2) is 0 Å². The summed E-state index contributed by atoms with van der Waals surface area (Å²) in [6.07, 6.45) is -0.593. The topological polar surface area (TPSA) is 52.7 Å². The molecule has 4 heteroatoms. The third-order valence-corrected chi connectivity index (χ3v) is 0.596. The van der Waals surface area contributed by atoms with Crippen molar-refractivity contribution in [3.63, 3.8) is 0 Å². The van der Waals surface area contributed by atoms with Crippen molar-refractivity contribution in [3.05, 3.63) is 0 Å². The van der Waals surface area contributed by atoms with Crippen molar-refractivity contribution in [3.8, 4) is 0 Å². The number of epoxide rings is 1. The van der Waals surface area contributed by atoms with Crippen LogP contribution in [0.5, 0.6) is 0 Å². The van der Waals surface area contributed by atoms with Gasteiger partial charge in [0.05, 0.1) is 12.6 Å². The molecule has 0 saturated carbocycles. The number of rotatable bonds is 1. The van der Waals surface area contributed by atoms with Gasteiger partial charge in [-0.05, 0) is 0 Å². The van der Waals surface area contributed by atoms with Crippen LogP contribution in [0.2, 0.25) is 0 Å². The van der Waals surface area contributed by atoms with Crippen molar-refractivity contribution in [2.75, 3.05) is 6.61 Å². The number of carboxylic acid groups (broad SMARTS) is 1. The van der Waals surface area contributed by atoms with Crippen molar-refractivity contribution in [1.82, 2.24) is 0 Å². The van der Waals surface area contributed by atoms with E-state index >= 15 is 0 Å². The summed E-state index contributed by atoms with van der Waals surface area (Å²) in [6, 6.07) is 0. The molecule has 0 aromatic rings. The van der Waals surface area contributed by atoms with E-state index in [1.165, 1.54) is 0 Å². The van der Waals surface area contributed by atoms with E-state index in [9.17, 15) is 9.90 Å². The molecule has 1 aliphatic heterocycles. The number of hydrogen-bond donors (Lipinski definition) is 0. The van der Waals surface area contributed by atoms with Crippen molar-refractivity contribution in [2.24, 2.45) is 0 Å². The molecule has 1 fully saturated rings. The molecule has 0 aromatic carbocycles. The summed E-state index contributed by atoms with van der Waals surface area (Å²) in [5.41, 5.74) is 0. The number of carboxylic acids is 1. The molecule has 34 valence electrons. The molecular formula is C3H3NaO3. The van der Waals surface area contributed by atoms with Crippen LogP contribution in [0.4, 0.5) is 0 Å². The zero-order chi connectivity index (χ0) is 4.57. The first-order valence-corrected chi connectivity index (χ1v) is 1.63. The molecule has 1 unspecified atom stereocenters. The largest absolute Gasteiger partial charge is 1.00 e. The molecule has 0 radical (unpaired) electrons. The molecule has 0 aromatic heterocycles. The second-order valence-electron chi connectivity index (χ2n) is 1.14. The zero-order valence-electron chi connectivity index (χ0n) is 4.01. The van der Waals surface area contributed by atoms with Crippen LogP contribution in [0.3, 0.4) is 0 Å². The van der Waals surface area contributed by atoms with Crippen LogP contribution in [-0.2, 0) is 9.53 Å². The Morgan fingerprint density at radius 3 is 2.29 bits per heavy atom. The Kier molecular flexibility index (Phi) is 2.83. The Bertz CT molecular complexity index is 78.2. The second kappa shape index (κ2) is 2.67. The van der Waals surface area contributed by atoms with E-state index in [1.807, 2.05) is 0 Å². The van der Waals surface area contributed by atoms with E-state index in [2.05, 4.69) is 4.74 Å². The van der Waals surface area contributed by atoms with Gasteiger partial charge in [-0.1, -0.05) is 0 Å². The van der Waals surface area contributed by atoms with E-state index in [-0.39, 0.29) is 29.6 Å². The van der Waals surface area contributed by atoms with Crippen LogP contribution in [0, 0.1) is 0 Å². The maximum atomic E-state index is 9.53. The Labute approximate surface area is 62.9 Å². The van der Waals surface area contributed by atoms with Crippen molar-refractivity contribution in [1.29, 1.82) is 0 Å². The summed E-state index contributed by atoms with van der Waals surface area (Å²) in [5.74, 6) is -1.10. The van der Waals surface area contributed by atoms with Gasteiger partial charge in [-0.2, -0.15) is 0 Å². The van der Waals surface area contributed by atoms with E-state index in [1.54, 1.807) is 0 Å². The molecule has 1 rings (SSSR count). The van der Waals surface area contributed by atoms with Gasteiger partial charge in [-0.3, -0.25) is 0 Å². The first-order valence-electron chi connectivity index (χ1n) is 1.63. The van der Waals surface area contributed by atoms with Crippen LogP contribution >= 0.6 is 0 Å². The molecule has 0 bridgehead atoms. The van der Waals surface area contributed by atoms with Gasteiger partial charge in [0.15, 0.2) is 0 Å². The van der Waals surface area contributed by atoms with E-state index in [0.717, 1.165) is 0 Å². The predicted octanol–water partition coefficient (Wildman–Crippen LogP) is -4.86. The second-order valence-corrected chi connectivity index (χ2v) is 1.14. The minimum absolute atomic E-state index is 0. The Morgan fingerprint density at radius 2 is 2.29 bits per heavy atom. The quantitative estimate of drug-likeness (QED) is 0.251. The fourth-order valence-corrected chi connectivity index (χ4v) is 0.184. The Hall–Kier alpha value is 0.430. The summed E-state index contributed by atoms with van der Waals surface area (Å²) < 4.78 is 4.31. The third-order valence-electron chi connectivity index (χ3n) is 0.596. The maximum absolute atomic E-state index is 9.53. The van der Waals surface area contributed by atoms with Gasteiger partial charge < -0.3 is 14.6 Å². The van der Waals surface area contributed by atoms with Crippen LogP contribution in [0.25, 0.3) is 0 Å². The smallest absolute Gasteiger partial charge is 0.547 e. The van der Waals surface area contributed by atoms with E-state index in [4.69, 9.17) is 0 Å². The minimum Gasteiger partial charge on any atom is -0.547 e. The van der Waals surface area contributed by atoms with E-state index in [0.29, 0.717) is 6.61 Å². The molecule has 0 N–H and O–H groups in total. The fraction of sp³-hybridized carbons (Fsp3) is 0.667. The number of carbonyl (C=O) groups excluding carboxylic acids is 1. The molecular weight excluding hydrogens is 107 g/mol. The number of carbonyl (C=O) groups is 1. The van der Waals surface area contributed by atoms with Gasteiger partial charge in [0.2, 0.25) is 0 Å². The molecule has 1 atom stereocenters. The first-order chi connectivity index (χ1) is 2.80. The maximum Gasteiger partial charge on any atom is 1.00 e. The average molecular weight is 110 g/mol. The molecule has 7 heavy (non-hydrogen) atoms. The minimum atomic E-state index is -1.10. The molecule has 1 saturated heterocycles. The summed E-state index contributed by atoms with van der Waals surface area (Å²) in [5, 5.41) is 9.53. The number of ether oxygens (including phenoxy) is 1. The molecule has 1 aliphatic rings. The summed E-state index contributed by atoms with van der Waals surface area (Å²) in [6.45, 7) is 0.336. The average Bonchev–Trinajstić information content (AvgIpc) is 2.06. The standard InChI is InChI=1S/C3H4O3.Na/c4-3(5)2-1-6-2;/h2H,1H2,(H,4,5);/q;+1/p-1. The van der Waals surface area contributed by atoms with Gasteiger partial charge in [0.1, 0.15) is 6.10 Å². The van der Waals surface area contributed by atoms with Gasteiger partial charge in [0, 0.05) is 0 Å². The molecule has 0 aliphatic carbocycles. The molecule has 0 amide bonds. The SMILES string of the molecule is O=C([O-])C1CO1.[Na+]. The van der Waals surface area contributed by atoms with Crippen molar-refractivity contribution in [2.45, 2.75) is 6.10 Å². The van der Waals surface area contributed by atoms with Gasteiger partial charge in [-0.15, -0.1) is 0 Å². The predicted molar refractivity (Wildman–Crippen MR) is 14.7 cm³/mol. The Morgan fingerprint density at radius 1 is 1.86 bits per heavy atom. The molecule has 3 nitrogen and oxygen atoms in total. The van der Waals surface area contributed by atoms with Crippen molar-refractivity contribution >= 4 is 5.97 Å². The van der Waals surface area contributed by atoms with Crippen LogP contribution in [0.1, 0.15) is 0 Å². The van der Waals surface area contributed by atoms with Gasteiger partial charge in [0.25, 0.3) is 0 Å². The summed E-state index contributed by atoms with van der Waals surface area (Å²) >= 11 is 0. The number of aliphatic carboxylic acids is 1. The summed E-state index contributed by atoms with van der Waals surface area (Å²) in [7, 11) is 0. The zero-order valence-corrected chi connectivity index (χ0v) is 6.01. The van der Waals surface area contributed by atoms with E-state index < -0.39 is 12.1 Å². The third kappa shape index (κ3) is 2.29. The Balaban J connectivity index is 0.000000360. The van der Waals surface area contributed by atoms with Crippen molar-refractivity contribution < 1.29 is 44.2 Å². The fourth-order valence-electron chi connectivity index (χ4n) is 0.184. The van der Waals surface area contributed by atoms with Gasteiger partial charge >= 0.3 is 29.6 Å². The molecule has 0 spiro atoms. The van der Waals surface area contributed by atoms with Crippen LogP contribution < -0.4 is 34.7 Å². The molecule has 1 heterocycles. The normalized spacial score (nSPS) is 25.4. The first kappa shape index (κ1) is 7.43. The van der Waals surface area contributed by atoms with Crippen LogP contribution in [-0.4, -0.2) is 18.7 Å². The number of hydrogen-bond acceptors (Lipinski definition) is 3. The summed E-state index contributed by atoms with van der Waals surface area (Å²) in [4.78, 5) is 9.53.